The fourth-order valence-electron chi connectivity index (χ4n) is 2.60. The Bertz CT molecular complexity index is 581. The molecule has 1 heterocycles. The predicted octanol–water partition coefficient (Wildman–Crippen LogP) is 2.92. The highest BCUT2D eigenvalue weighted by atomic mass is 16.5. The largest absolute Gasteiger partial charge is 0.493 e. The first kappa shape index (κ1) is 13.0. The zero-order chi connectivity index (χ0) is 13.8. The molecule has 0 saturated heterocycles. The lowest BCUT2D eigenvalue weighted by Crippen LogP contribution is -2.24. The van der Waals surface area contributed by atoms with E-state index in [9.17, 15) is 0 Å². The van der Waals surface area contributed by atoms with Gasteiger partial charge in [-0.3, -0.25) is 0 Å². The van der Waals surface area contributed by atoms with Gasteiger partial charge in [-0.2, -0.15) is 0 Å². The highest BCUT2D eigenvalue weighted by molar-refractivity contribution is 5.51. The van der Waals surface area contributed by atoms with Crippen LogP contribution in [0.4, 0.5) is 0 Å². The van der Waals surface area contributed by atoms with Crippen molar-refractivity contribution in [2.24, 2.45) is 0 Å². The Morgan fingerprint density at radius 3 is 2.75 bits per heavy atom. The molecule has 0 amide bonds. The smallest absolute Gasteiger partial charge is 0.164 e. The van der Waals surface area contributed by atoms with E-state index in [1.54, 1.807) is 7.11 Å². The van der Waals surface area contributed by atoms with Crippen LogP contribution < -0.4 is 14.8 Å². The van der Waals surface area contributed by atoms with Gasteiger partial charge in [0, 0.05) is 12.1 Å². The number of ether oxygens (including phenoxy) is 2. The van der Waals surface area contributed by atoms with E-state index in [-0.39, 0.29) is 0 Å². The van der Waals surface area contributed by atoms with Gasteiger partial charge in [-0.05, 0) is 30.2 Å². The van der Waals surface area contributed by atoms with Gasteiger partial charge < -0.3 is 14.8 Å². The summed E-state index contributed by atoms with van der Waals surface area (Å²) < 4.78 is 11.5. The van der Waals surface area contributed by atoms with Crippen molar-refractivity contribution >= 4 is 0 Å². The topological polar surface area (TPSA) is 30.5 Å². The van der Waals surface area contributed by atoms with E-state index in [2.05, 4.69) is 23.5 Å². The standard InChI is InChI=1S/C17H19NO2/c1-19-17-15-9-10-18-11-14(15)7-8-16(17)20-12-13-5-3-2-4-6-13/h2-8,18H,9-12H2,1H3. The summed E-state index contributed by atoms with van der Waals surface area (Å²) in [6.45, 7) is 2.46. The number of fused-ring (bicyclic) bond motifs is 1. The van der Waals surface area contributed by atoms with Gasteiger partial charge in [-0.15, -0.1) is 0 Å². The van der Waals surface area contributed by atoms with Gasteiger partial charge in [0.1, 0.15) is 6.61 Å². The zero-order valence-electron chi connectivity index (χ0n) is 11.7. The summed E-state index contributed by atoms with van der Waals surface area (Å²) in [4.78, 5) is 0. The van der Waals surface area contributed by atoms with Crippen molar-refractivity contribution in [1.29, 1.82) is 0 Å². The molecule has 0 aromatic heterocycles. The molecule has 0 fully saturated rings. The quantitative estimate of drug-likeness (QED) is 0.925. The lowest BCUT2D eigenvalue weighted by atomic mass is 9.99. The molecule has 0 aliphatic carbocycles. The van der Waals surface area contributed by atoms with Crippen LogP contribution in [0.25, 0.3) is 0 Å². The van der Waals surface area contributed by atoms with Crippen LogP contribution in [0, 0.1) is 0 Å². The molecule has 0 radical (unpaired) electrons. The number of methoxy groups -OCH3 is 1. The van der Waals surface area contributed by atoms with E-state index in [4.69, 9.17) is 9.47 Å². The number of benzene rings is 2. The molecule has 3 nitrogen and oxygen atoms in total. The lowest BCUT2D eigenvalue weighted by molar-refractivity contribution is 0.282. The minimum atomic E-state index is 0.564. The third-order valence-corrected chi connectivity index (χ3v) is 3.63. The van der Waals surface area contributed by atoms with Gasteiger partial charge in [-0.1, -0.05) is 36.4 Å². The Labute approximate surface area is 119 Å². The van der Waals surface area contributed by atoms with Crippen molar-refractivity contribution in [2.75, 3.05) is 13.7 Å². The van der Waals surface area contributed by atoms with E-state index in [1.807, 2.05) is 24.3 Å². The van der Waals surface area contributed by atoms with Gasteiger partial charge >= 0.3 is 0 Å². The highest BCUT2D eigenvalue weighted by Gasteiger charge is 2.17. The van der Waals surface area contributed by atoms with Crippen molar-refractivity contribution < 1.29 is 9.47 Å². The molecular formula is C17H19NO2. The maximum absolute atomic E-state index is 5.93. The Hall–Kier alpha value is -2.00. The molecule has 0 bridgehead atoms. The summed E-state index contributed by atoms with van der Waals surface area (Å²) >= 11 is 0. The van der Waals surface area contributed by atoms with E-state index in [0.29, 0.717) is 6.61 Å². The van der Waals surface area contributed by atoms with Gasteiger partial charge in [0.2, 0.25) is 0 Å². The van der Waals surface area contributed by atoms with Crippen LogP contribution in [-0.4, -0.2) is 13.7 Å². The van der Waals surface area contributed by atoms with Gasteiger partial charge in [0.15, 0.2) is 11.5 Å². The van der Waals surface area contributed by atoms with E-state index >= 15 is 0 Å². The Morgan fingerprint density at radius 2 is 1.95 bits per heavy atom. The molecule has 0 unspecified atom stereocenters. The Morgan fingerprint density at radius 1 is 1.10 bits per heavy atom. The van der Waals surface area contributed by atoms with Crippen LogP contribution >= 0.6 is 0 Å². The molecule has 1 aliphatic rings. The van der Waals surface area contributed by atoms with Crippen molar-refractivity contribution in [2.45, 2.75) is 19.6 Å². The summed E-state index contributed by atoms with van der Waals surface area (Å²) in [7, 11) is 1.72. The van der Waals surface area contributed by atoms with Crippen LogP contribution in [0.2, 0.25) is 0 Å². The molecule has 1 aliphatic heterocycles. The molecule has 2 aromatic rings. The lowest BCUT2D eigenvalue weighted by Gasteiger charge is -2.22. The maximum atomic E-state index is 5.93. The molecule has 0 spiro atoms. The number of hydrogen-bond donors (Lipinski definition) is 1. The van der Waals surface area contributed by atoms with Gasteiger partial charge in [0.05, 0.1) is 7.11 Å². The van der Waals surface area contributed by atoms with E-state index in [1.165, 1.54) is 11.1 Å². The van der Waals surface area contributed by atoms with Crippen molar-refractivity contribution in [3.8, 4) is 11.5 Å². The third-order valence-electron chi connectivity index (χ3n) is 3.63. The molecule has 0 saturated carbocycles. The number of hydrogen-bond acceptors (Lipinski definition) is 3. The van der Waals surface area contributed by atoms with Crippen LogP contribution in [0.5, 0.6) is 11.5 Å². The number of nitrogens with one attached hydrogen (secondary N) is 1. The molecule has 2 aromatic carbocycles. The molecular weight excluding hydrogens is 250 g/mol. The Balaban J connectivity index is 1.82. The fourth-order valence-corrected chi connectivity index (χ4v) is 2.60. The highest BCUT2D eigenvalue weighted by Crippen LogP contribution is 2.35. The normalized spacial score (nSPS) is 13.7. The third kappa shape index (κ3) is 2.63. The summed E-state index contributed by atoms with van der Waals surface area (Å²) in [6.07, 6.45) is 0.987. The summed E-state index contributed by atoms with van der Waals surface area (Å²) in [5, 5.41) is 3.37. The van der Waals surface area contributed by atoms with E-state index in [0.717, 1.165) is 36.6 Å². The van der Waals surface area contributed by atoms with Crippen LogP contribution in [-0.2, 0) is 19.6 Å². The summed E-state index contributed by atoms with van der Waals surface area (Å²) in [6, 6.07) is 14.3. The van der Waals surface area contributed by atoms with Crippen LogP contribution in [0.1, 0.15) is 16.7 Å². The maximum Gasteiger partial charge on any atom is 0.164 e. The molecule has 1 N–H and O–H groups in total. The monoisotopic (exact) mass is 269 g/mol. The summed E-state index contributed by atoms with van der Waals surface area (Å²) in [5.41, 5.74) is 3.74. The van der Waals surface area contributed by atoms with E-state index < -0.39 is 0 Å². The van der Waals surface area contributed by atoms with Crippen molar-refractivity contribution in [3.05, 3.63) is 59.2 Å². The SMILES string of the molecule is COc1c(OCc2ccccc2)ccc2c1CCNC2. The van der Waals surface area contributed by atoms with Gasteiger partial charge in [0.25, 0.3) is 0 Å². The molecule has 3 heteroatoms. The second-order valence-electron chi connectivity index (χ2n) is 4.94. The average Bonchev–Trinajstić information content (AvgIpc) is 2.53. The van der Waals surface area contributed by atoms with Gasteiger partial charge in [-0.25, -0.2) is 0 Å². The molecule has 104 valence electrons. The Kier molecular flexibility index (Phi) is 3.88. The minimum absolute atomic E-state index is 0.564. The minimum Gasteiger partial charge on any atom is -0.493 e. The molecule has 20 heavy (non-hydrogen) atoms. The summed E-state index contributed by atoms with van der Waals surface area (Å²) in [5.74, 6) is 1.72. The second kappa shape index (κ2) is 5.97. The second-order valence-corrected chi connectivity index (χ2v) is 4.94. The van der Waals surface area contributed by atoms with Crippen molar-refractivity contribution in [1.82, 2.24) is 5.32 Å². The molecule has 0 atom stereocenters. The average molecular weight is 269 g/mol. The fraction of sp³-hybridized carbons (Fsp3) is 0.294. The van der Waals surface area contributed by atoms with Crippen LogP contribution in [0.3, 0.4) is 0 Å². The first-order valence-electron chi connectivity index (χ1n) is 6.94. The van der Waals surface area contributed by atoms with Crippen LogP contribution in [0.15, 0.2) is 42.5 Å². The predicted molar refractivity (Wildman–Crippen MR) is 79.2 cm³/mol. The number of rotatable bonds is 4. The zero-order valence-corrected chi connectivity index (χ0v) is 11.7. The van der Waals surface area contributed by atoms with Crippen molar-refractivity contribution in [3.63, 3.8) is 0 Å². The molecule has 3 rings (SSSR count). The first-order chi connectivity index (χ1) is 9.88. The first-order valence-corrected chi connectivity index (χ1v) is 6.94.